The normalized spacial score (nSPS) is 12.4. The highest BCUT2D eigenvalue weighted by molar-refractivity contribution is 6.30. The highest BCUT2D eigenvalue weighted by Crippen LogP contribution is 2.18. The van der Waals surface area contributed by atoms with Gasteiger partial charge in [0.25, 0.3) is 0 Å². The van der Waals surface area contributed by atoms with Gasteiger partial charge in [0.2, 0.25) is 0 Å². The Bertz CT molecular complexity index is 572. The van der Waals surface area contributed by atoms with Crippen molar-refractivity contribution in [2.75, 3.05) is 0 Å². The summed E-state index contributed by atoms with van der Waals surface area (Å²) >= 11 is 5.62. The Balaban J connectivity index is 2.02. The molecule has 0 aliphatic carbocycles. The third kappa shape index (κ3) is 3.52. The molecule has 100 valence electrons. The molecule has 4 heteroatoms. The number of nitrogens with one attached hydrogen (secondary N) is 1. The van der Waals surface area contributed by atoms with E-state index in [4.69, 9.17) is 11.6 Å². The molecule has 0 fully saturated rings. The van der Waals surface area contributed by atoms with E-state index in [2.05, 4.69) is 5.32 Å². The summed E-state index contributed by atoms with van der Waals surface area (Å²) in [6.45, 7) is 2.31. The van der Waals surface area contributed by atoms with Gasteiger partial charge in [-0.15, -0.1) is 0 Å². The molecule has 2 aromatic rings. The zero-order valence-corrected chi connectivity index (χ0v) is 11.2. The minimum Gasteiger partial charge on any atom is -0.306 e. The fourth-order valence-corrected chi connectivity index (χ4v) is 1.97. The molecule has 0 aromatic heterocycles. The minimum absolute atomic E-state index is 0.103. The molecule has 19 heavy (non-hydrogen) atoms. The Kier molecular flexibility index (Phi) is 4.51. The van der Waals surface area contributed by atoms with Crippen molar-refractivity contribution in [3.63, 3.8) is 0 Å². The summed E-state index contributed by atoms with van der Waals surface area (Å²) in [6, 6.07) is 11.1. The van der Waals surface area contributed by atoms with Gasteiger partial charge in [0.05, 0.1) is 5.02 Å². The summed E-state index contributed by atoms with van der Waals surface area (Å²) in [5, 5.41) is 3.26. The molecule has 1 nitrogen and oxygen atoms in total. The molecule has 0 radical (unpaired) electrons. The second kappa shape index (κ2) is 6.13. The molecular formula is C15H14ClF2N. The van der Waals surface area contributed by atoms with Crippen molar-refractivity contribution in [1.82, 2.24) is 5.32 Å². The third-order valence-corrected chi connectivity index (χ3v) is 3.27. The smallest absolute Gasteiger partial charge is 0.142 e. The Morgan fingerprint density at radius 1 is 1.11 bits per heavy atom. The van der Waals surface area contributed by atoms with E-state index < -0.39 is 5.82 Å². The van der Waals surface area contributed by atoms with Gasteiger partial charge in [-0.2, -0.15) is 0 Å². The molecule has 0 unspecified atom stereocenters. The Morgan fingerprint density at radius 2 is 1.84 bits per heavy atom. The van der Waals surface area contributed by atoms with Crippen LogP contribution in [0.4, 0.5) is 8.78 Å². The van der Waals surface area contributed by atoms with Crippen molar-refractivity contribution in [3.05, 3.63) is 70.2 Å². The average Bonchev–Trinajstić information content (AvgIpc) is 2.40. The first kappa shape index (κ1) is 14.0. The first-order chi connectivity index (χ1) is 9.08. The highest BCUT2D eigenvalue weighted by Gasteiger charge is 2.09. The van der Waals surface area contributed by atoms with Crippen molar-refractivity contribution in [2.45, 2.75) is 19.5 Å². The number of hydrogen-bond acceptors (Lipinski definition) is 1. The predicted molar refractivity (Wildman–Crippen MR) is 73.1 cm³/mol. The highest BCUT2D eigenvalue weighted by atomic mass is 35.5. The van der Waals surface area contributed by atoms with Crippen molar-refractivity contribution < 1.29 is 8.78 Å². The van der Waals surface area contributed by atoms with Gasteiger partial charge in [0.1, 0.15) is 11.6 Å². The summed E-state index contributed by atoms with van der Waals surface area (Å²) in [6.07, 6.45) is 0. The lowest BCUT2D eigenvalue weighted by molar-refractivity contribution is 0.526. The molecule has 1 atom stereocenters. The molecule has 0 aliphatic rings. The fraction of sp³-hybridized carbons (Fsp3) is 0.200. The Hall–Kier alpha value is -1.45. The first-order valence-electron chi connectivity index (χ1n) is 5.99. The minimum atomic E-state index is -0.445. The van der Waals surface area contributed by atoms with Gasteiger partial charge in [-0.05, 0) is 30.7 Å². The van der Waals surface area contributed by atoms with Crippen molar-refractivity contribution in [1.29, 1.82) is 0 Å². The molecule has 0 amide bonds. The molecule has 2 aromatic carbocycles. The standard InChI is InChI=1S/C15H14ClF2N/c1-10(12-4-2-3-5-14(12)17)19-9-11-6-7-13(16)15(18)8-11/h2-8,10,19H,9H2,1H3/t10-/m1/s1. The van der Waals surface area contributed by atoms with Crippen LogP contribution in [-0.2, 0) is 6.54 Å². The maximum atomic E-state index is 13.6. The molecule has 0 bridgehead atoms. The van der Waals surface area contributed by atoms with Crippen LogP contribution in [0.25, 0.3) is 0 Å². The molecule has 0 saturated heterocycles. The fourth-order valence-electron chi connectivity index (χ4n) is 1.86. The second-order valence-electron chi connectivity index (χ2n) is 4.37. The summed E-state index contributed by atoms with van der Waals surface area (Å²) in [5.41, 5.74) is 1.36. The van der Waals surface area contributed by atoms with Gasteiger partial charge < -0.3 is 5.32 Å². The number of rotatable bonds is 4. The Labute approximate surface area is 116 Å². The number of hydrogen-bond donors (Lipinski definition) is 1. The zero-order chi connectivity index (χ0) is 13.8. The monoisotopic (exact) mass is 281 g/mol. The molecule has 1 N–H and O–H groups in total. The molecule has 0 aliphatic heterocycles. The average molecular weight is 282 g/mol. The van der Waals surface area contributed by atoms with Gasteiger partial charge in [-0.1, -0.05) is 35.9 Å². The van der Waals surface area contributed by atoms with Gasteiger partial charge in [-0.25, -0.2) is 8.78 Å². The van der Waals surface area contributed by atoms with Crippen LogP contribution in [0.2, 0.25) is 5.02 Å². The van der Waals surface area contributed by atoms with Crippen LogP contribution < -0.4 is 5.32 Å². The topological polar surface area (TPSA) is 12.0 Å². The van der Waals surface area contributed by atoms with Gasteiger partial charge in [0, 0.05) is 18.2 Å². The zero-order valence-electron chi connectivity index (χ0n) is 10.5. The molecule has 2 rings (SSSR count). The van der Waals surface area contributed by atoms with E-state index in [0.717, 1.165) is 5.56 Å². The molecule has 0 spiro atoms. The molecular weight excluding hydrogens is 268 g/mol. The Morgan fingerprint density at radius 3 is 2.53 bits per heavy atom. The lowest BCUT2D eigenvalue weighted by atomic mass is 10.1. The van der Waals surface area contributed by atoms with Gasteiger partial charge in [0.15, 0.2) is 0 Å². The summed E-state index contributed by atoms with van der Waals surface area (Å²) < 4.78 is 26.8. The number of benzene rings is 2. The van der Waals surface area contributed by atoms with E-state index in [0.29, 0.717) is 12.1 Å². The van der Waals surface area contributed by atoms with Crippen molar-refractivity contribution in [3.8, 4) is 0 Å². The van der Waals surface area contributed by atoms with E-state index in [-0.39, 0.29) is 16.9 Å². The van der Waals surface area contributed by atoms with E-state index in [1.165, 1.54) is 18.2 Å². The van der Waals surface area contributed by atoms with Crippen LogP contribution in [0, 0.1) is 11.6 Å². The van der Waals surface area contributed by atoms with Crippen LogP contribution in [0.1, 0.15) is 24.1 Å². The van der Waals surface area contributed by atoms with E-state index in [1.54, 1.807) is 24.3 Å². The van der Waals surface area contributed by atoms with Crippen LogP contribution >= 0.6 is 11.6 Å². The van der Waals surface area contributed by atoms with Crippen molar-refractivity contribution >= 4 is 11.6 Å². The number of halogens is 3. The summed E-state index contributed by atoms with van der Waals surface area (Å²) in [7, 11) is 0. The van der Waals surface area contributed by atoms with Crippen LogP contribution in [0.15, 0.2) is 42.5 Å². The van der Waals surface area contributed by atoms with E-state index in [1.807, 2.05) is 6.92 Å². The van der Waals surface area contributed by atoms with Crippen LogP contribution in [0.5, 0.6) is 0 Å². The van der Waals surface area contributed by atoms with Gasteiger partial charge in [-0.3, -0.25) is 0 Å². The first-order valence-corrected chi connectivity index (χ1v) is 6.37. The summed E-state index contributed by atoms with van der Waals surface area (Å²) in [5.74, 6) is -0.690. The van der Waals surface area contributed by atoms with Crippen molar-refractivity contribution in [2.24, 2.45) is 0 Å². The third-order valence-electron chi connectivity index (χ3n) is 2.97. The van der Waals surface area contributed by atoms with E-state index >= 15 is 0 Å². The van der Waals surface area contributed by atoms with E-state index in [9.17, 15) is 8.78 Å². The molecule has 0 heterocycles. The lowest BCUT2D eigenvalue weighted by Gasteiger charge is -2.15. The predicted octanol–water partition coefficient (Wildman–Crippen LogP) is 4.47. The second-order valence-corrected chi connectivity index (χ2v) is 4.78. The SMILES string of the molecule is C[C@@H](NCc1ccc(Cl)c(F)c1)c1ccccc1F. The maximum absolute atomic E-state index is 13.6. The quantitative estimate of drug-likeness (QED) is 0.872. The summed E-state index contributed by atoms with van der Waals surface area (Å²) in [4.78, 5) is 0. The molecule has 0 saturated carbocycles. The van der Waals surface area contributed by atoms with Gasteiger partial charge >= 0.3 is 0 Å². The maximum Gasteiger partial charge on any atom is 0.142 e. The lowest BCUT2D eigenvalue weighted by Crippen LogP contribution is -2.19. The van der Waals surface area contributed by atoms with Crippen LogP contribution in [-0.4, -0.2) is 0 Å². The van der Waals surface area contributed by atoms with Crippen LogP contribution in [0.3, 0.4) is 0 Å². The largest absolute Gasteiger partial charge is 0.306 e.